The van der Waals surface area contributed by atoms with Gasteiger partial charge in [0.05, 0.1) is 4.90 Å². The quantitative estimate of drug-likeness (QED) is 0.730. The minimum absolute atomic E-state index is 0.153. The number of carbonyl (C=O) groups excluding carboxylic acids is 1. The number of sulfone groups is 1. The van der Waals surface area contributed by atoms with Crippen LogP contribution in [0.3, 0.4) is 0 Å². The highest BCUT2D eigenvalue weighted by molar-refractivity contribution is 7.94. The Bertz CT molecular complexity index is 996. The zero-order valence-electron chi connectivity index (χ0n) is 15.1. The van der Waals surface area contributed by atoms with Crippen LogP contribution >= 0.6 is 23.2 Å². The molecule has 2 aromatic rings. The molecule has 1 aliphatic carbocycles. The third-order valence-electron chi connectivity index (χ3n) is 5.47. The first-order chi connectivity index (χ1) is 13.3. The highest BCUT2D eigenvalue weighted by atomic mass is 35.5. The van der Waals surface area contributed by atoms with Crippen LogP contribution in [0.15, 0.2) is 53.4 Å². The van der Waals surface area contributed by atoms with Crippen LogP contribution in [0.2, 0.25) is 10.0 Å². The van der Waals surface area contributed by atoms with Crippen molar-refractivity contribution in [3.8, 4) is 0 Å². The van der Waals surface area contributed by atoms with Gasteiger partial charge in [0.15, 0.2) is 14.6 Å². The van der Waals surface area contributed by atoms with E-state index in [1.165, 1.54) is 12.1 Å². The van der Waals surface area contributed by atoms with Crippen molar-refractivity contribution in [2.24, 2.45) is 0 Å². The van der Waals surface area contributed by atoms with Crippen molar-refractivity contribution in [3.63, 3.8) is 0 Å². The number of anilines is 1. The fourth-order valence-corrected chi connectivity index (χ4v) is 5.93. The Morgan fingerprint density at radius 2 is 1.54 bits per heavy atom. The van der Waals surface area contributed by atoms with Gasteiger partial charge in [-0.15, -0.1) is 0 Å². The lowest BCUT2D eigenvalue weighted by molar-refractivity contribution is -0.131. The van der Waals surface area contributed by atoms with E-state index in [1.54, 1.807) is 17.0 Å². The number of halogens is 2. The first-order valence-corrected chi connectivity index (χ1v) is 11.4. The summed E-state index contributed by atoms with van der Waals surface area (Å²) in [6.07, 6.45) is 0.733. The van der Waals surface area contributed by atoms with Crippen LogP contribution in [-0.2, 0) is 14.6 Å². The second kappa shape index (κ2) is 7.25. The number of amides is 1. The van der Waals surface area contributed by atoms with Crippen molar-refractivity contribution >= 4 is 44.6 Å². The van der Waals surface area contributed by atoms with E-state index in [4.69, 9.17) is 23.2 Å². The molecule has 4 rings (SSSR count). The van der Waals surface area contributed by atoms with E-state index < -0.39 is 14.6 Å². The topological polar surface area (TPSA) is 57.7 Å². The molecular weight excluding hydrogens is 419 g/mol. The Balaban J connectivity index is 1.48. The molecule has 1 heterocycles. The minimum Gasteiger partial charge on any atom is -0.368 e. The molecule has 8 heteroatoms. The number of hydrogen-bond donors (Lipinski definition) is 0. The summed E-state index contributed by atoms with van der Waals surface area (Å²) in [7, 11) is -3.74. The van der Waals surface area contributed by atoms with Crippen molar-refractivity contribution in [2.75, 3.05) is 31.1 Å². The fraction of sp³-hybridized carbons (Fsp3) is 0.350. The van der Waals surface area contributed by atoms with Gasteiger partial charge in [-0.3, -0.25) is 4.79 Å². The zero-order valence-corrected chi connectivity index (χ0v) is 17.5. The molecule has 1 saturated carbocycles. The van der Waals surface area contributed by atoms with Crippen molar-refractivity contribution in [2.45, 2.75) is 22.5 Å². The van der Waals surface area contributed by atoms with Gasteiger partial charge in [0.25, 0.3) is 0 Å². The highest BCUT2D eigenvalue weighted by Crippen LogP contribution is 2.48. The van der Waals surface area contributed by atoms with E-state index in [-0.39, 0.29) is 10.8 Å². The van der Waals surface area contributed by atoms with Crippen LogP contribution in [0.4, 0.5) is 5.69 Å². The number of hydrogen-bond acceptors (Lipinski definition) is 4. The molecule has 0 N–H and O–H groups in total. The lowest BCUT2D eigenvalue weighted by Gasteiger charge is -2.37. The number of benzene rings is 2. The molecule has 0 unspecified atom stereocenters. The molecule has 1 aliphatic heterocycles. The molecule has 2 fully saturated rings. The number of nitrogens with zero attached hydrogens (tertiary/aromatic N) is 2. The van der Waals surface area contributed by atoms with Crippen LogP contribution in [0.25, 0.3) is 0 Å². The number of rotatable bonds is 4. The largest absolute Gasteiger partial charge is 0.368 e. The maximum Gasteiger partial charge on any atom is 0.244 e. The Morgan fingerprint density at radius 1 is 0.893 bits per heavy atom. The van der Waals surface area contributed by atoms with E-state index >= 15 is 0 Å². The fourth-order valence-electron chi connectivity index (χ4n) is 3.68. The van der Waals surface area contributed by atoms with Gasteiger partial charge >= 0.3 is 0 Å². The maximum atomic E-state index is 13.1. The summed E-state index contributed by atoms with van der Waals surface area (Å²) in [5.41, 5.74) is 1.01. The van der Waals surface area contributed by atoms with Crippen LogP contribution < -0.4 is 4.90 Å². The van der Waals surface area contributed by atoms with Crippen LogP contribution in [0.5, 0.6) is 0 Å². The summed E-state index contributed by atoms with van der Waals surface area (Å²) < 4.78 is 24.9. The lowest BCUT2D eigenvalue weighted by atomic mass is 10.2. The molecule has 148 valence electrons. The Hall–Kier alpha value is -1.76. The molecule has 0 radical (unpaired) electrons. The first-order valence-electron chi connectivity index (χ1n) is 9.14. The molecule has 0 aromatic heterocycles. The van der Waals surface area contributed by atoms with Crippen LogP contribution in [0.1, 0.15) is 12.8 Å². The number of piperazine rings is 1. The van der Waals surface area contributed by atoms with E-state index in [9.17, 15) is 13.2 Å². The third kappa shape index (κ3) is 3.38. The summed E-state index contributed by atoms with van der Waals surface area (Å²) in [5, 5.41) is 1.13. The molecule has 2 aromatic carbocycles. The van der Waals surface area contributed by atoms with Crippen molar-refractivity contribution < 1.29 is 13.2 Å². The summed E-state index contributed by atoms with van der Waals surface area (Å²) in [5.74, 6) is -0.284. The second-order valence-electron chi connectivity index (χ2n) is 7.21. The SMILES string of the molecule is O=C(N1CCN(c2cccc(Cl)c2)CC1)C1(S(=O)(=O)c2ccc(Cl)cc2)CC1. The maximum absolute atomic E-state index is 13.1. The molecule has 1 amide bonds. The van der Waals surface area contributed by atoms with Gasteiger partial charge in [-0.1, -0.05) is 29.3 Å². The van der Waals surface area contributed by atoms with Gasteiger partial charge in [-0.05, 0) is 55.3 Å². The molecule has 0 bridgehead atoms. The molecular formula is C20H20Cl2N2O3S. The van der Waals surface area contributed by atoms with Gasteiger partial charge in [0, 0.05) is 41.9 Å². The average Bonchev–Trinajstić information content (AvgIpc) is 3.50. The van der Waals surface area contributed by atoms with Crippen molar-refractivity contribution in [1.29, 1.82) is 0 Å². The summed E-state index contributed by atoms with van der Waals surface area (Å²) in [4.78, 5) is 17.1. The third-order valence-corrected chi connectivity index (χ3v) is 8.46. The van der Waals surface area contributed by atoms with Gasteiger partial charge < -0.3 is 9.80 Å². The monoisotopic (exact) mass is 438 g/mol. The molecule has 0 atom stereocenters. The molecule has 0 spiro atoms. The minimum atomic E-state index is -3.74. The molecule has 2 aliphatic rings. The van der Waals surface area contributed by atoms with Crippen molar-refractivity contribution in [3.05, 3.63) is 58.6 Å². The molecule has 28 heavy (non-hydrogen) atoms. The smallest absolute Gasteiger partial charge is 0.244 e. The van der Waals surface area contributed by atoms with E-state index in [0.29, 0.717) is 49.1 Å². The zero-order chi connectivity index (χ0) is 19.9. The van der Waals surface area contributed by atoms with Gasteiger partial charge in [0.1, 0.15) is 0 Å². The lowest BCUT2D eigenvalue weighted by Crippen LogP contribution is -2.53. The van der Waals surface area contributed by atoms with Gasteiger partial charge in [-0.2, -0.15) is 0 Å². The normalized spacial score (nSPS) is 18.8. The predicted octanol–water partition coefficient (Wildman–Crippen LogP) is 3.65. The standard InChI is InChI=1S/C20H20Cl2N2O3S/c21-15-4-6-18(7-5-15)28(26,27)20(8-9-20)19(25)24-12-10-23(11-13-24)17-3-1-2-16(22)14-17/h1-7,14H,8-13H2. The first kappa shape index (κ1) is 19.6. The molecule has 5 nitrogen and oxygen atoms in total. The highest BCUT2D eigenvalue weighted by Gasteiger charge is 2.62. The van der Waals surface area contributed by atoms with Crippen LogP contribution in [-0.4, -0.2) is 50.2 Å². The Morgan fingerprint density at radius 3 is 2.11 bits per heavy atom. The van der Waals surface area contributed by atoms with Crippen LogP contribution in [0, 0.1) is 0 Å². The number of carbonyl (C=O) groups is 1. The van der Waals surface area contributed by atoms with E-state index in [1.807, 2.05) is 24.3 Å². The summed E-state index contributed by atoms with van der Waals surface area (Å²) in [6.45, 7) is 2.26. The summed E-state index contributed by atoms with van der Waals surface area (Å²) in [6, 6.07) is 13.6. The summed E-state index contributed by atoms with van der Waals surface area (Å²) >= 11 is 11.9. The van der Waals surface area contributed by atoms with Gasteiger partial charge in [0.2, 0.25) is 5.91 Å². The predicted molar refractivity (Wildman–Crippen MR) is 111 cm³/mol. The molecule has 1 saturated heterocycles. The Kier molecular flexibility index (Phi) is 5.06. The average molecular weight is 439 g/mol. The Labute approximate surface area is 174 Å². The van der Waals surface area contributed by atoms with E-state index in [2.05, 4.69) is 4.90 Å². The van der Waals surface area contributed by atoms with Gasteiger partial charge in [-0.25, -0.2) is 8.42 Å². The van der Waals surface area contributed by atoms with Crippen molar-refractivity contribution in [1.82, 2.24) is 4.90 Å². The second-order valence-corrected chi connectivity index (χ2v) is 10.3. The van der Waals surface area contributed by atoms with E-state index in [0.717, 1.165) is 5.69 Å².